The molecule has 7 heteroatoms. The van der Waals surface area contributed by atoms with Gasteiger partial charge in [-0.1, -0.05) is 32.0 Å². The Labute approximate surface area is 183 Å². The zero-order valence-corrected chi connectivity index (χ0v) is 18.6. The summed E-state index contributed by atoms with van der Waals surface area (Å²) in [4.78, 5) is 27.2. The van der Waals surface area contributed by atoms with Crippen LogP contribution >= 0.6 is 0 Å². The van der Waals surface area contributed by atoms with Gasteiger partial charge >= 0.3 is 6.03 Å². The second-order valence-electron chi connectivity index (χ2n) is 8.06. The van der Waals surface area contributed by atoms with E-state index in [1.165, 1.54) is 0 Å². The van der Waals surface area contributed by atoms with E-state index in [0.717, 1.165) is 16.8 Å². The smallest absolute Gasteiger partial charge is 0.322 e. The number of amides is 3. The van der Waals surface area contributed by atoms with Crippen molar-refractivity contribution in [1.82, 2.24) is 10.2 Å². The van der Waals surface area contributed by atoms with Gasteiger partial charge in [-0.05, 0) is 47.7 Å². The van der Waals surface area contributed by atoms with Gasteiger partial charge < -0.3 is 25.0 Å². The van der Waals surface area contributed by atoms with Crippen molar-refractivity contribution in [2.45, 2.75) is 32.7 Å². The van der Waals surface area contributed by atoms with Crippen molar-refractivity contribution < 1.29 is 19.1 Å². The molecule has 1 aliphatic heterocycles. The standard InChI is InChI=1S/C24H31N3O4/c1-16(2)12-23(28)25-15-20-19-14-22(31-4)21(30-3)13-17(19)10-11-27(20)24(29)26-18-8-6-5-7-9-18/h5-9,13-14,16,20H,10-12,15H2,1-4H3,(H,25,28)(H,26,29)/t20-/m0/s1. The number of para-hydroxylation sites is 1. The lowest BCUT2D eigenvalue weighted by Gasteiger charge is -2.38. The van der Waals surface area contributed by atoms with Crippen molar-refractivity contribution in [1.29, 1.82) is 0 Å². The van der Waals surface area contributed by atoms with Gasteiger partial charge in [-0.15, -0.1) is 0 Å². The van der Waals surface area contributed by atoms with Crippen LogP contribution in [0.4, 0.5) is 10.5 Å². The fourth-order valence-electron chi connectivity index (χ4n) is 3.86. The maximum absolute atomic E-state index is 13.1. The molecule has 0 aliphatic carbocycles. The molecular weight excluding hydrogens is 394 g/mol. The average Bonchev–Trinajstić information content (AvgIpc) is 2.76. The minimum Gasteiger partial charge on any atom is -0.493 e. The van der Waals surface area contributed by atoms with E-state index in [9.17, 15) is 9.59 Å². The summed E-state index contributed by atoms with van der Waals surface area (Å²) in [5.74, 6) is 1.50. The van der Waals surface area contributed by atoms with Gasteiger partial charge in [-0.3, -0.25) is 4.79 Å². The van der Waals surface area contributed by atoms with Crippen LogP contribution in [0.2, 0.25) is 0 Å². The predicted octanol–water partition coefficient (Wildman–Crippen LogP) is 4.00. The number of hydrogen-bond donors (Lipinski definition) is 2. The first kappa shape index (κ1) is 22.5. The van der Waals surface area contributed by atoms with Gasteiger partial charge in [0.05, 0.1) is 20.3 Å². The third-order valence-electron chi connectivity index (χ3n) is 5.37. The zero-order valence-electron chi connectivity index (χ0n) is 18.6. The topological polar surface area (TPSA) is 79.9 Å². The average molecular weight is 426 g/mol. The van der Waals surface area contributed by atoms with Crippen LogP contribution in [0.15, 0.2) is 42.5 Å². The van der Waals surface area contributed by atoms with Crippen molar-refractivity contribution in [2.24, 2.45) is 5.92 Å². The van der Waals surface area contributed by atoms with Gasteiger partial charge in [0, 0.05) is 25.2 Å². The quantitative estimate of drug-likeness (QED) is 0.703. The van der Waals surface area contributed by atoms with Crippen LogP contribution in [0.1, 0.15) is 37.4 Å². The predicted molar refractivity (Wildman–Crippen MR) is 121 cm³/mol. The molecule has 0 saturated heterocycles. The number of anilines is 1. The van der Waals surface area contributed by atoms with Crippen LogP contribution in [-0.2, 0) is 11.2 Å². The van der Waals surface area contributed by atoms with Crippen molar-refractivity contribution in [2.75, 3.05) is 32.6 Å². The monoisotopic (exact) mass is 425 g/mol. The molecule has 3 rings (SSSR count). The van der Waals surface area contributed by atoms with Crippen LogP contribution in [0.3, 0.4) is 0 Å². The first-order valence-corrected chi connectivity index (χ1v) is 10.6. The molecule has 0 spiro atoms. The number of rotatable bonds is 7. The Balaban J connectivity index is 1.89. The van der Waals surface area contributed by atoms with Gasteiger partial charge in [-0.2, -0.15) is 0 Å². The first-order chi connectivity index (χ1) is 14.9. The highest BCUT2D eigenvalue weighted by molar-refractivity contribution is 5.90. The zero-order chi connectivity index (χ0) is 22.4. The minimum absolute atomic E-state index is 0.0222. The van der Waals surface area contributed by atoms with Crippen molar-refractivity contribution >= 4 is 17.6 Å². The molecular formula is C24H31N3O4. The number of carbonyl (C=O) groups excluding carboxylic acids is 2. The van der Waals surface area contributed by atoms with E-state index in [1.807, 2.05) is 56.3 Å². The summed E-state index contributed by atoms with van der Waals surface area (Å²) in [5.41, 5.74) is 2.77. The summed E-state index contributed by atoms with van der Waals surface area (Å²) in [6.07, 6.45) is 1.13. The SMILES string of the molecule is COc1cc2c(cc1OC)[C@H](CNC(=O)CC(C)C)N(C(=O)Nc1ccccc1)CC2. The number of carbonyl (C=O) groups is 2. The number of nitrogens with one attached hydrogen (secondary N) is 2. The van der Waals surface area contributed by atoms with Crippen LogP contribution < -0.4 is 20.1 Å². The van der Waals surface area contributed by atoms with Crippen molar-refractivity contribution in [3.8, 4) is 11.5 Å². The number of fused-ring (bicyclic) bond motifs is 1. The second kappa shape index (κ2) is 10.2. The fourth-order valence-corrected chi connectivity index (χ4v) is 3.86. The second-order valence-corrected chi connectivity index (χ2v) is 8.06. The summed E-state index contributed by atoms with van der Waals surface area (Å²) in [5, 5.41) is 5.97. The summed E-state index contributed by atoms with van der Waals surface area (Å²) in [6, 6.07) is 12.7. The summed E-state index contributed by atoms with van der Waals surface area (Å²) in [7, 11) is 3.20. The molecule has 1 aliphatic rings. The summed E-state index contributed by atoms with van der Waals surface area (Å²) >= 11 is 0. The fraction of sp³-hybridized carbons (Fsp3) is 0.417. The Kier molecular flexibility index (Phi) is 7.39. The Hall–Kier alpha value is -3.22. The molecule has 166 valence electrons. The minimum atomic E-state index is -0.316. The molecule has 3 amide bonds. The van der Waals surface area contributed by atoms with Crippen molar-refractivity contribution in [3.63, 3.8) is 0 Å². The van der Waals surface area contributed by atoms with Gasteiger partial charge in [0.2, 0.25) is 5.91 Å². The van der Waals surface area contributed by atoms with Crippen LogP contribution in [0.25, 0.3) is 0 Å². The normalized spacial score (nSPS) is 15.3. The highest BCUT2D eigenvalue weighted by atomic mass is 16.5. The lowest BCUT2D eigenvalue weighted by molar-refractivity contribution is -0.122. The maximum atomic E-state index is 13.1. The molecule has 2 N–H and O–H groups in total. The number of urea groups is 1. The van der Waals surface area contributed by atoms with E-state index in [1.54, 1.807) is 19.1 Å². The molecule has 0 saturated carbocycles. The number of ether oxygens (including phenoxy) is 2. The molecule has 1 heterocycles. The Morgan fingerprint density at radius 1 is 1.10 bits per heavy atom. The molecule has 1 atom stereocenters. The highest BCUT2D eigenvalue weighted by Gasteiger charge is 2.32. The Bertz CT molecular complexity index is 915. The molecule has 0 radical (unpaired) electrons. The molecule has 0 unspecified atom stereocenters. The number of methoxy groups -OCH3 is 2. The summed E-state index contributed by atoms with van der Waals surface area (Å²) < 4.78 is 10.9. The Morgan fingerprint density at radius 3 is 2.42 bits per heavy atom. The van der Waals surface area contributed by atoms with Crippen molar-refractivity contribution in [3.05, 3.63) is 53.6 Å². The van der Waals surface area contributed by atoms with E-state index in [-0.39, 0.29) is 23.9 Å². The Morgan fingerprint density at radius 2 is 1.77 bits per heavy atom. The highest BCUT2D eigenvalue weighted by Crippen LogP contribution is 2.38. The van der Waals surface area contributed by atoms with Gasteiger partial charge in [0.15, 0.2) is 11.5 Å². The van der Waals surface area contributed by atoms with Gasteiger partial charge in [0.1, 0.15) is 0 Å². The number of hydrogen-bond acceptors (Lipinski definition) is 4. The van der Waals surface area contributed by atoms with Gasteiger partial charge in [0.25, 0.3) is 0 Å². The van der Waals surface area contributed by atoms with Crippen LogP contribution in [-0.4, -0.2) is 44.1 Å². The summed E-state index contributed by atoms with van der Waals surface area (Å²) in [6.45, 7) is 4.88. The van der Waals surface area contributed by atoms with E-state index in [4.69, 9.17) is 9.47 Å². The van der Waals surface area contributed by atoms with E-state index < -0.39 is 0 Å². The van der Waals surface area contributed by atoms with E-state index >= 15 is 0 Å². The van der Waals surface area contributed by atoms with E-state index in [0.29, 0.717) is 37.4 Å². The molecule has 7 nitrogen and oxygen atoms in total. The molecule has 0 fully saturated rings. The molecule has 0 bridgehead atoms. The van der Waals surface area contributed by atoms with Crippen LogP contribution in [0, 0.1) is 5.92 Å². The maximum Gasteiger partial charge on any atom is 0.322 e. The number of nitrogens with zero attached hydrogens (tertiary/aromatic N) is 1. The molecule has 0 aromatic heterocycles. The van der Waals surface area contributed by atoms with Crippen LogP contribution in [0.5, 0.6) is 11.5 Å². The van der Waals surface area contributed by atoms with E-state index in [2.05, 4.69) is 10.6 Å². The largest absolute Gasteiger partial charge is 0.493 e. The third kappa shape index (κ3) is 5.48. The molecule has 2 aromatic rings. The number of benzene rings is 2. The first-order valence-electron chi connectivity index (χ1n) is 10.6. The molecule has 2 aromatic carbocycles. The molecule has 31 heavy (non-hydrogen) atoms. The van der Waals surface area contributed by atoms with Gasteiger partial charge in [-0.25, -0.2) is 4.79 Å². The lowest BCUT2D eigenvalue weighted by atomic mass is 9.91. The third-order valence-corrected chi connectivity index (χ3v) is 5.37. The lowest BCUT2D eigenvalue weighted by Crippen LogP contribution is -2.47.